The molecule has 0 bridgehead atoms. The zero-order valence-electron chi connectivity index (χ0n) is 15.7. The van der Waals surface area contributed by atoms with Crippen LogP contribution in [0.5, 0.6) is 5.75 Å². The number of aldehydes is 1. The Hall–Kier alpha value is -1.73. The van der Waals surface area contributed by atoms with Crippen LogP contribution in [0.3, 0.4) is 0 Å². The lowest BCUT2D eigenvalue weighted by atomic mass is 10.2. The number of aliphatic hydroxyl groups excluding tert-OH is 1. The molecule has 1 aliphatic rings. The molecule has 2 unspecified atom stereocenters. The number of hydrogen-bond acceptors (Lipinski definition) is 6. The second kappa shape index (κ2) is 9.99. The molecule has 1 aromatic carbocycles. The summed E-state index contributed by atoms with van der Waals surface area (Å²) in [6, 6.07) is 9.04. The Balaban J connectivity index is 1.54. The molecular formula is C21H27NO4S. The third-order valence-corrected chi connectivity index (χ3v) is 5.76. The molecule has 2 heterocycles. The summed E-state index contributed by atoms with van der Waals surface area (Å²) >= 11 is 1.75. The minimum absolute atomic E-state index is 0.214. The van der Waals surface area contributed by atoms with E-state index in [0.717, 1.165) is 38.8 Å². The van der Waals surface area contributed by atoms with E-state index in [4.69, 9.17) is 9.47 Å². The fourth-order valence-corrected chi connectivity index (χ4v) is 4.18. The Kier molecular flexibility index (Phi) is 7.41. The minimum atomic E-state index is -0.600. The summed E-state index contributed by atoms with van der Waals surface area (Å²) in [5.41, 5.74) is 1.90. The van der Waals surface area contributed by atoms with Crippen LogP contribution in [-0.2, 0) is 11.3 Å². The summed E-state index contributed by atoms with van der Waals surface area (Å²) in [5, 5.41) is 12.6. The summed E-state index contributed by atoms with van der Waals surface area (Å²) in [4.78, 5) is 14.3. The summed E-state index contributed by atoms with van der Waals surface area (Å²) in [6.45, 7) is 5.34. The predicted molar refractivity (Wildman–Crippen MR) is 107 cm³/mol. The first-order valence-corrected chi connectivity index (χ1v) is 10.2. The minimum Gasteiger partial charge on any atom is -0.491 e. The van der Waals surface area contributed by atoms with Gasteiger partial charge < -0.3 is 14.6 Å². The van der Waals surface area contributed by atoms with Crippen LogP contribution in [0.4, 0.5) is 0 Å². The maximum atomic E-state index is 10.7. The molecule has 0 aliphatic carbocycles. The highest BCUT2D eigenvalue weighted by atomic mass is 32.1. The van der Waals surface area contributed by atoms with Crippen molar-refractivity contribution in [3.8, 4) is 5.75 Å². The van der Waals surface area contributed by atoms with Crippen LogP contribution in [0, 0.1) is 6.92 Å². The van der Waals surface area contributed by atoms with E-state index in [1.54, 1.807) is 35.6 Å². The standard InChI is InChI=1S/C21H27NO4S/c1-16-8-10-27-21(16)13-22(12-20-3-2-9-25-20)11-18(24)15-26-19-6-4-17(14-23)5-7-19/h4-8,10,14,18,20,24H,2-3,9,11-13,15H2,1H3. The molecule has 5 nitrogen and oxygen atoms in total. The highest BCUT2D eigenvalue weighted by molar-refractivity contribution is 7.10. The van der Waals surface area contributed by atoms with Crippen molar-refractivity contribution in [1.82, 2.24) is 4.90 Å². The Morgan fingerprint density at radius 1 is 1.37 bits per heavy atom. The third-order valence-electron chi connectivity index (χ3n) is 4.75. The average Bonchev–Trinajstić information content (AvgIpc) is 3.32. The van der Waals surface area contributed by atoms with Gasteiger partial charge in [0, 0.05) is 36.7 Å². The van der Waals surface area contributed by atoms with Crippen LogP contribution in [0.25, 0.3) is 0 Å². The molecule has 1 aromatic heterocycles. The van der Waals surface area contributed by atoms with E-state index < -0.39 is 6.10 Å². The summed E-state index contributed by atoms with van der Waals surface area (Å²) in [7, 11) is 0. The molecule has 1 fully saturated rings. The zero-order valence-corrected chi connectivity index (χ0v) is 16.5. The Morgan fingerprint density at radius 3 is 2.81 bits per heavy atom. The first-order valence-electron chi connectivity index (χ1n) is 9.37. The first-order chi connectivity index (χ1) is 13.1. The molecule has 0 spiro atoms. The maximum absolute atomic E-state index is 10.7. The van der Waals surface area contributed by atoms with E-state index in [1.807, 2.05) is 0 Å². The molecule has 2 aromatic rings. The van der Waals surface area contributed by atoms with Crippen LogP contribution in [-0.4, -0.2) is 54.8 Å². The van der Waals surface area contributed by atoms with Crippen molar-refractivity contribution in [1.29, 1.82) is 0 Å². The van der Waals surface area contributed by atoms with Gasteiger partial charge in [0.05, 0.1) is 6.10 Å². The number of carbonyl (C=O) groups excluding carboxylic acids is 1. The van der Waals surface area contributed by atoms with Gasteiger partial charge in [-0.05, 0) is 61.0 Å². The van der Waals surface area contributed by atoms with Crippen molar-refractivity contribution in [3.05, 3.63) is 51.7 Å². The van der Waals surface area contributed by atoms with Crippen LogP contribution >= 0.6 is 11.3 Å². The Labute approximate surface area is 164 Å². The second-order valence-corrected chi connectivity index (χ2v) is 8.01. The third kappa shape index (κ3) is 6.14. The average molecular weight is 390 g/mol. The number of carbonyl (C=O) groups is 1. The topological polar surface area (TPSA) is 59.0 Å². The summed E-state index contributed by atoms with van der Waals surface area (Å²) in [6.07, 6.45) is 2.63. The van der Waals surface area contributed by atoms with E-state index >= 15 is 0 Å². The molecule has 1 saturated heterocycles. The van der Waals surface area contributed by atoms with Crippen molar-refractivity contribution in [2.75, 3.05) is 26.3 Å². The van der Waals surface area contributed by atoms with Crippen LogP contribution in [0.2, 0.25) is 0 Å². The van der Waals surface area contributed by atoms with E-state index in [9.17, 15) is 9.90 Å². The fourth-order valence-electron chi connectivity index (χ4n) is 3.23. The number of aliphatic hydroxyl groups is 1. The van der Waals surface area contributed by atoms with Gasteiger partial charge in [0.25, 0.3) is 0 Å². The van der Waals surface area contributed by atoms with Crippen molar-refractivity contribution in [2.45, 2.75) is 38.5 Å². The molecule has 0 radical (unpaired) electrons. The maximum Gasteiger partial charge on any atom is 0.150 e. The second-order valence-electron chi connectivity index (χ2n) is 7.01. The molecule has 3 rings (SSSR count). The van der Waals surface area contributed by atoms with Crippen molar-refractivity contribution < 1.29 is 19.4 Å². The zero-order chi connectivity index (χ0) is 19.1. The largest absolute Gasteiger partial charge is 0.491 e. The molecule has 0 amide bonds. The normalized spacial score (nSPS) is 18.0. The molecule has 1 N–H and O–H groups in total. The summed E-state index contributed by atoms with van der Waals surface area (Å²) in [5.74, 6) is 0.652. The molecule has 146 valence electrons. The molecule has 0 saturated carbocycles. The highest BCUT2D eigenvalue weighted by Gasteiger charge is 2.22. The van der Waals surface area contributed by atoms with Gasteiger partial charge in [-0.1, -0.05) is 0 Å². The lowest BCUT2D eigenvalue weighted by Crippen LogP contribution is -2.39. The number of ether oxygens (including phenoxy) is 2. The van der Waals surface area contributed by atoms with Crippen LogP contribution in [0.15, 0.2) is 35.7 Å². The van der Waals surface area contributed by atoms with E-state index in [-0.39, 0.29) is 12.7 Å². The van der Waals surface area contributed by atoms with Gasteiger partial charge in [-0.2, -0.15) is 0 Å². The van der Waals surface area contributed by atoms with Crippen LogP contribution < -0.4 is 4.74 Å². The number of thiophene rings is 1. The first kappa shape index (κ1) is 20.0. The lowest BCUT2D eigenvalue weighted by Gasteiger charge is -2.27. The number of aryl methyl sites for hydroxylation is 1. The lowest BCUT2D eigenvalue weighted by molar-refractivity contribution is 0.0316. The number of nitrogens with zero attached hydrogens (tertiary/aromatic N) is 1. The van der Waals surface area contributed by atoms with Gasteiger partial charge >= 0.3 is 0 Å². The monoisotopic (exact) mass is 389 g/mol. The van der Waals surface area contributed by atoms with Gasteiger partial charge in [-0.25, -0.2) is 0 Å². The van der Waals surface area contributed by atoms with E-state index in [2.05, 4.69) is 23.3 Å². The van der Waals surface area contributed by atoms with E-state index in [0.29, 0.717) is 17.9 Å². The number of hydrogen-bond donors (Lipinski definition) is 1. The molecule has 2 atom stereocenters. The van der Waals surface area contributed by atoms with Gasteiger partial charge in [-0.3, -0.25) is 9.69 Å². The SMILES string of the molecule is Cc1ccsc1CN(CC(O)COc1ccc(C=O)cc1)CC1CCCO1. The summed E-state index contributed by atoms with van der Waals surface area (Å²) < 4.78 is 11.5. The van der Waals surface area contributed by atoms with Gasteiger partial charge in [0.2, 0.25) is 0 Å². The predicted octanol–water partition coefficient (Wildman–Crippen LogP) is 3.29. The van der Waals surface area contributed by atoms with E-state index in [1.165, 1.54) is 10.4 Å². The fraction of sp³-hybridized carbons (Fsp3) is 0.476. The molecule has 6 heteroatoms. The number of rotatable bonds is 10. The van der Waals surface area contributed by atoms with Gasteiger partial charge in [-0.15, -0.1) is 11.3 Å². The molecule has 27 heavy (non-hydrogen) atoms. The Bertz CT molecular complexity index is 709. The number of benzene rings is 1. The van der Waals surface area contributed by atoms with Crippen molar-refractivity contribution in [3.63, 3.8) is 0 Å². The highest BCUT2D eigenvalue weighted by Crippen LogP contribution is 2.20. The Morgan fingerprint density at radius 2 is 2.19 bits per heavy atom. The molecular weight excluding hydrogens is 362 g/mol. The van der Waals surface area contributed by atoms with Gasteiger partial charge in [0.1, 0.15) is 24.7 Å². The van der Waals surface area contributed by atoms with Crippen LogP contribution in [0.1, 0.15) is 33.6 Å². The van der Waals surface area contributed by atoms with Gasteiger partial charge in [0.15, 0.2) is 0 Å². The molecule has 1 aliphatic heterocycles. The van der Waals surface area contributed by atoms with Crippen molar-refractivity contribution >= 4 is 17.6 Å². The quantitative estimate of drug-likeness (QED) is 0.632. The van der Waals surface area contributed by atoms with Crippen molar-refractivity contribution in [2.24, 2.45) is 0 Å². The smallest absolute Gasteiger partial charge is 0.150 e.